The summed E-state index contributed by atoms with van der Waals surface area (Å²) in [4.78, 5) is 30.1. The van der Waals surface area contributed by atoms with Crippen LogP contribution in [0, 0.1) is 5.92 Å². The Morgan fingerprint density at radius 2 is 2.12 bits per heavy atom. The molecule has 140 valence electrons. The predicted octanol–water partition coefficient (Wildman–Crippen LogP) is 1.65. The number of hydrogen-bond acceptors (Lipinski definition) is 6. The molecule has 0 bridgehead atoms. The van der Waals surface area contributed by atoms with Crippen LogP contribution < -0.4 is 10.2 Å². The van der Waals surface area contributed by atoms with Gasteiger partial charge in [-0.3, -0.25) is 4.79 Å². The number of fused-ring (bicyclic) bond motifs is 1. The number of carboxylic acids is 1. The number of nitrogens with zero attached hydrogens (tertiary/aromatic N) is 2. The summed E-state index contributed by atoms with van der Waals surface area (Å²) in [7, 11) is 1.50. The highest BCUT2D eigenvalue weighted by atomic mass is 16.5. The van der Waals surface area contributed by atoms with Crippen LogP contribution in [0.1, 0.15) is 19.3 Å². The fraction of sp³-hybridized carbons (Fsp3) is 0.500. The third-order valence-electron chi connectivity index (χ3n) is 4.64. The van der Waals surface area contributed by atoms with Gasteiger partial charge in [0.1, 0.15) is 11.6 Å². The number of aromatic nitrogens is 1. The van der Waals surface area contributed by atoms with E-state index in [4.69, 9.17) is 9.15 Å². The highest BCUT2D eigenvalue weighted by molar-refractivity contribution is 5.85. The minimum atomic E-state index is -1.04. The number of carbonyl (C=O) groups is 2. The summed E-state index contributed by atoms with van der Waals surface area (Å²) in [5.41, 5.74) is 1.55. The molecule has 2 aromatic rings. The Morgan fingerprint density at radius 3 is 2.77 bits per heavy atom. The van der Waals surface area contributed by atoms with Crippen molar-refractivity contribution in [3.8, 4) is 0 Å². The Labute approximate surface area is 151 Å². The molecule has 26 heavy (non-hydrogen) atoms. The number of piperidine rings is 1. The van der Waals surface area contributed by atoms with E-state index in [1.807, 2.05) is 29.2 Å². The summed E-state index contributed by atoms with van der Waals surface area (Å²) < 4.78 is 10.7. The van der Waals surface area contributed by atoms with Gasteiger partial charge in [0.2, 0.25) is 5.91 Å². The van der Waals surface area contributed by atoms with Gasteiger partial charge < -0.3 is 24.5 Å². The summed E-state index contributed by atoms with van der Waals surface area (Å²) in [5, 5.41) is 11.8. The molecule has 2 N–H and O–H groups in total. The first kappa shape index (κ1) is 18.2. The minimum absolute atomic E-state index is 0.208. The second kappa shape index (κ2) is 8.18. The zero-order valence-electron chi connectivity index (χ0n) is 14.7. The first-order chi connectivity index (χ1) is 12.6. The molecule has 1 aromatic carbocycles. The predicted molar refractivity (Wildman–Crippen MR) is 95.0 cm³/mol. The summed E-state index contributed by atoms with van der Waals surface area (Å²) in [6.45, 7) is 1.56. The molecule has 0 spiro atoms. The molecule has 1 aromatic heterocycles. The molecule has 1 aliphatic rings. The lowest BCUT2D eigenvalue weighted by molar-refractivity contribution is -0.143. The molecule has 2 heterocycles. The number of anilines is 1. The smallest absolute Gasteiger partial charge is 0.326 e. The van der Waals surface area contributed by atoms with Gasteiger partial charge in [0, 0.05) is 39.1 Å². The van der Waals surface area contributed by atoms with Crippen LogP contribution in [0.3, 0.4) is 0 Å². The zero-order valence-corrected chi connectivity index (χ0v) is 14.7. The summed E-state index contributed by atoms with van der Waals surface area (Å²) >= 11 is 0. The number of oxazole rings is 1. The van der Waals surface area contributed by atoms with Crippen molar-refractivity contribution < 1.29 is 23.8 Å². The Hall–Kier alpha value is -2.61. The first-order valence-electron chi connectivity index (χ1n) is 8.71. The van der Waals surface area contributed by atoms with Crippen molar-refractivity contribution in [2.24, 2.45) is 5.92 Å². The standard InChI is InChI=1S/C18H23N3O5/c1-25-11-8-14(17(23)24)19-16(22)12-6-9-21(10-7-12)18-20-13-4-2-3-5-15(13)26-18/h2-5,12,14H,6-11H2,1H3,(H,19,22)(H,23,24). The maximum absolute atomic E-state index is 12.4. The van der Waals surface area contributed by atoms with E-state index in [0.29, 0.717) is 31.9 Å². The van der Waals surface area contributed by atoms with E-state index >= 15 is 0 Å². The van der Waals surface area contributed by atoms with Crippen LogP contribution in [0.15, 0.2) is 28.7 Å². The van der Waals surface area contributed by atoms with E-state index in [1.54, 1.807) is 0 Å². The summed E-state index contributed by atoms with van der Waals surface area (Å²) in [5.74, 6) is -1.47. The van der Waals surface area contributed by atoms with Gasteiger partial charge in [-0.1, -0.05) is 12.1 Å². The molecule has 1 unspecified atom stereocenters. The fourth-order valence-corrected chi connectivity index (χ4v) is 3.11. The van der Waals surface area contributed by atoms with E-state index < -0.39 is 12.0 Å². The molecule has 0 saturated carbocycles. The average Bonchev–Trinajstić information content (AvgIpc) is 3.09. The van der Waals surface area contributed by atoms with E-state index in [-0.39, 0.29) is 24.9 Å². The Balaban J connectivity index is 1.55. The van der Waals surface area contributed by atoms with Crippen molar-refractivity contribution in [2.75, 3.05) is 31.7 Å². The lowest BCUT2D eigenvalue weighted by atomic mass is 9.95. The Kier molecular flexibility index (Phi) is 5.72. The second-order valence-electron chi connectivity index (χ2n) is 6.41. The Bertz CT molecular complexity index is 734. The zero-order chi connectivity index (χ0) is 18.5. The third kappa shape index (κ3) is 4.13. The number of methoxy groups -OCH3 is 1. The number of carbonyl (C=O) groups excluding carboxylic acids is 1. The molecule has 0 radical (unpaired) electrons. The van der Waals surface area contributed by atoms with Crippen LogP contribution in [0.25, 0.3) is 11.1 Å². The molecular formula is C18H23N3O5. The van der Waals surface area contributed by atoms with Crippen LogP contribution >= 0.6 is 0 Å². The molecule has 1 aliphatic heterocycles. The van der Waals surface area contributed by atoms with Crippen molar-refractivity contribution >= 4 is 29.0 Å². The largest absolute Gasteiger partial charge is 0.480 e. The van der Waals surface area contributed by atoms with E-state index in [1.165, 1.54) is 7.11 Å². The molecule has 8 nitrogen and oxygen atoms in total. The third-order valence-corrected chi connectivity index (χ3v) is 4.64. The molecule has 1 saturated heterocycles. The normalized spacial score (nSPS) is 16.6. The molecule has 8 heteroatoms. The van der Waals surface area contributed by atoms with E-state index in [2.05, 4.69) is 10.3 Å². The monoisotopic (exact) mass is 361 g/mol. The highest BCUT2D eigenvalue weighted by Gasteiger charge is 2.29. The van der Waals surface area contributed by atoms with Crippen molar-refractivity contribution in [3.63, 3.8) is 0 Å². The van der Waals surface area contributed by atoms with Gasteiger partial charge in [0.25, 0.3) is 6.01 Å². The van der Waals surface area contributed by atoms with Crippen LogP contribution in [-0.2, 0) is 14.3 Å². The van der Waals surface area contributed by atoms with Crippen molar-refractivity contribution in [3.05, 3.63) is 24.3 Å². The lowest BCUT2D eigenvalue weighted by Gasteiger charge is -2.30. The second-order valence-corrected chi connectivity index (χ2v) is 6.41. The number of ether oxygens (including phenoxy) is 1. The van der Waals surface area contributed by atoms with Gasteiger partial charge in [-0.15, -0.1) is 0 Å². The first-order valence-corrected chi connectivity index (χ1v) is 8.71. The fourth-order valence-electron chi connectivity index (χ4n) is 3.11. The number of amides is 1. The highest BCUT2D eigenvalue weighted by Crippen LogP contribution is 2.26. The molecule has 1 fully saturated rings. The topological polar surface area (TPSA) is 105 Å². The number of aliphatic carboxylic acids is 1. The maximum Gasteiger partial charge on any atom is 0.326 e. The van der Waals surface area contributed by atoms with Crippen LogP contribution in [-0.4, -0.2) is 54.8 Å². The van der Waals surface area contributed by atoms with Gasteiger partial charge in [-0.05, 0) is 25.0 Å². The van der Waals surface area contributed by atoms with Gasteiger partial charge >= 0.3 is 5.97 Å². The lowest BCUT2D eigenvalue weighted by Crippen LogP contribution is -2.47. The maximum atomic E-state index is 12.4. The molecule has 3 rings (SSSR count). The van der Waals surface area contributed by atoms with Gasteiger partial charge in [-0.25, -0.2) is 4.79 Å². The molecule has 1 atom stereocenters. The van der Waals surface area contributed by atoms with Crippen molar-refractivity contribution in [2.45, 2.75) is 25.3 Å². The number of nitrogens with one attached hydrogen (secondary N) is 1. The quantitative estimate of drug-likeness (QED) is 0.772. The molecule has 0 aliphatic carbocycles. The van der Waals surface area contributed by atoms with Crippen LogP contribution in [0.2, 0.25) is 0 Å². The SMILES string of the molecule is COCCC(NC(=O)C1CCN(c2nc3ccccc3o2)CC1)C(=O)O. The number of benzene rings is 1. The van der Waals surface area contributed by atoms with Gasteiger partial charge in [0.15, 0.2) is 5.58 Å². The van der Waals surface area contributed by atoms with Crippen molar-refractivity contribution in [1.29, 1.82) is 0 Å². The number of rotatable bonds is 7. The van der Waals surface area contributed by atoms with Gasteiger partial charge in [-0.2, -0.15) is 4.98 Å². The average molecular weight is 361 g/mol. The van der Waals surface area contributed by atoms with E-state index in [9.17, 15) is 14.7 Å². The Morgan fingerprint density at radius 1 is 1.38 bits per heavy atom. The molecular weight excluding hydrogens is 338 g/mol. The van der Waals surface area contributed by atoms with Gasteiger partial charge in [0.05, 0.1) is 0 Å². The number of hydrogen-bond donors (Lipinski definition) is 2. The van der Waals surface area contributed by atoms with Crippen LogP contribution in [0.4, 0.5) is 6.01 Å². The minimum Gasteiger partial charge on any atom is -0.480 e. The number of para-hydroxylation sites is 2. The van der Waals surface area contributed by atoms with Crippen LogP contribution in [0.5, 0.6) is 0 Å². The van der Waals surface area contributed by atoms with E-state index in [0.717, 1.165) is 11.1 Å². The summed E-state index contributed by atoms with van der Waals surface area (Å²) in [6.07, 6.45) is 1.50. The molecule has 1 amide bonds. The summed E-state index contributed by atoms with van der Waals surface area (Å²) in [6, 6.07) is 7.22. The van der Waals surface area contributed by atoms with Crippen molar-refractivity contribution in [1.82, 2.24) is 10.3 Å². The number of carboxylic acid groups (broad SMARTS) is 1.